The molecule has 1 N–H and O–H groups in total. The summed E-state index contributed by atoms with van der Waals surface area (Å²) in [5, 5.41) is 12.3. The zero-order chi connectivity index (χ0) is 18.5. The van der Waals surface area contributed by atoms with Gasteiger partial charge in [-0.15, -0.1) is 22.7 Å². The molecule has 0 spiro atoms. The van der Waals surface area contributed by atoms with Crippen molar-refractivity contribution >= 4 is 33.8 Å². The Morgan fingerprint density at radius 1 is 1.27 bits per heavy atom. The molecule has 3 rings (SSSR count). The number of carboxylic acids is 1. The van der Waals surface area contributed by atoms with Crippen molar-refractivity contribution in [2.75, 3.05) is 11.4 Å². The number of thiazole rings is 1. The number of carbonyl (C=O) groups is 1. The lowest BCUT2D eigenvalue weighted by Gasteiger charge is -2.25. The summed E-state index contributed by atoms with van der Waals surface area (Å²) in [6.45, 7) is 5.74. The number of rotatable bonds is 8. The molecule has 0 bridgehead atoms. The average Bonchev–Trinajstić information content (AvgIpc) is 3.28. The molecule has 4 nitrogen and oxygen atoms in total. The maximum atomic E-state index is 11.1. The first-order valence-corrected chi connectivity index (χ1v) is 11.2. The summed E-state index contributed by atoms with van der Waals surface area (Å²) in [6, 6.07) is 4.33. The van der Waals surface area contributed by atoms with Crippen molar-refractivity contribution in [2.24, 2.45) is 5.92 Å². The van der Waals surface area contributed by atoms with E-state index in [0.29, 0.717) is 12.5 Å². The molecular weight excluding hydrogens is 364 g/mol. The lowest BCUT2D eigenvalue weighted by molar-refractivity contribution is -0.136. The summed E-state index contributed by atoms with van der Waals surface area (Å²) in [5.41, 5.74) is 1.21. The van der Waals surface area contributed by atoms with Gasteiger partial charge in [-0.25, -0.2) is 4.98 Å². The molecule has 0 radical (unpaired) electrons. The van der Waals surface area contributed by atoms with Crippen LogP contribution in [0.2, 0.25) is 0 Å². The van der Waals surface area contributed by atoms with Crippen LogP contribution in [0.25, 0.3) is 0 Å². The van der Waals surface area contributed by atoms with Crippen LogP contribution in [0.1, 0.15) is 67.3 Å². The number of anilines is 1. The standard InChI is InChI=1S/C20H28N2O2S2/c1-3-16-8-9-17(26-16)12-22(11-10-19(23)24)20-21-18(13-25-20)15-6-4-14(2)5-7-15/h8-9,13-15H,3-7,10-12H2,1-2H3,(H,23,24). The van der Waals surface area contributed by atoms with Crippen LogP contribution < -0.4 is 4.90 Å². The second kappa shape index (κ2) is 9.00. The maximum Gasteiger partial charge on any atom is 0.305 e. The molecule has 2 aromatic rings. The SMILES string of the molecule is CCc1ccc(CN(CCC(=O)O)c2nc(C3CCC(C)CC3)cs2)s1. The van der Waals surface area contributed by atoms with E-state index in [1.807, 2.05) is 11.3 Å². The average molecular weight is 393 g/mol. The molecule has 0 aromatic carbocycles. The first-order valence-electron chi connectivity index (χ1n) is 9.55. The second-order valence-electron chi connectivity index (χ2n) is 7.30. The topological polar surface area (TPSA) is 53.4 Å². The molecule has 0 aliphatic heterocycles. The van der Waals surface area contributed by atoms with Crippen LogP contribution in [0.5, 0.6) is 0 Å². The van der Waals surface area contributed by atoms with Crippen molar-refractivity contribution in [1.29, 1.82) is 0 Å². The van der Waals surface area contributed by atoms with Crippen molar-refractivity contribution in [2.45, 2.75) is 64.8 Å². The lowest BCUT2D eigenvalue weighted by atomic mass is 9.82. The summed E-state index contributed by atoms with van der Waals surface area (Å²) >= 11 is 3.48. The van der Waals surface area contributed by atoms with E-state index in [2.05, 4.69) is 36.3 Å². The van der Waals surface area contributed by atoms with Crippen LogP contribution in [-0.4, -0.2) is 22.6 Å². The van der Waals surface area contributed by atoms with Gasteiger partial charge in [-0.3, -0.25) is 4.79 Å². The summed E-state index contributed by atoms with van der Waals surface area (Å²) in [4.78, 5) is 20.8. The molecule has 142 valence electrons. The molecule has 2 aromatic heterocycles. The van der Waals surface area contributed by atoms with E-state index in [4.69, 9.17) is 10.1 Å². The number of aromatic nitrogens is 1. The van der Waals surface area contributed by atoms with Crippen molar-refractivity contribution in [3.63, 3.8) is 0 Å². The number of hydrogen-bond acceptors (Lipinski definition) is 5. The first-order chi connectivity index (χ1) is 12.5. The van der Waals surface area contributed by atoms with E-state index < -0.39 is 5.97 Å². The van der Waals surface area contributed by atoms with Gasteiger partial charge in [-0.1, -0.05) is 26.7 Å². The molecule has 0 atom stereocenters. The van der Waals surface area contributed by atoms with Crippen LogP contribution in [0.15, 0.2) is 17.5 Å². The largest absolute Gasteiger partial charge is 0.481 e. The van der Waals surface area contributed by atoms with Crippen LogP contribution in [-0.2, 0) is 17.8 Å². The molecule has 0 saturated heterocycles. The van der Waals surface area contributed by atoms with Gasteiger partial charge in [0.15, 0.2) is 5.13 Å². The van der Waals surface area contributed by atoms with Gasteiger partial charge >= 0.3 is 5.97 Å². The number of nitrogens with zero attached hydrogens (tertiary/aromatic N) is 2. The van der Waals surface area contributed by atoms with Gasteiger partial charge in [0.25, 0.3) is 0 Å². The number of hydrogen-bond donors (Lipinski definition) is 1. The third-order valence-corrected chi connectivity index (χ3v) is 7.36. The Bertz CT molecular complexity index is 717. The van der Waals surface area contributed by atoms with Gasteiger partial charge in [0, 0.05) is 27.6 Å². The predicted octanol–water partition coefficient (Wildman–Crippen LogP) is 5.54. The molecule has 1 fully saturated rings. The fourth-order valence-electron chi connectivity index (χ4n) is 3.52. The number of thiophene rings is 1. The lowest BCUT2D eigenvalue weighted by Crippen LogP contribution is -2.25. The Morgan fingerprint density at radius 3 is 2.65 bits per heavy atom. The van der Waals surface area contributed by atoms with E-state index >= 15 is 0 Å². The zero-order valence-electron chi connectivity index (χ0n) is 15.6. The smallest absolute Gasteiger partial charge is 0.305 e. The van der Waals surface area contributed by atoms with Crippen LogP contribution in [0, 0.1) is 5.92 Å². The van der Waals surface area contributed by atoms with Crippen molar-refractivity contribution in [1.82, 2.24) is 4.98 Å². The minimum Gasteiger partial charge on any atom is -0.481 e. The Kier molecular flexibility index (Phi) is 6.70. The van der Waals surface area contributed by atoms with E-state index in [9.17, 15) is 4.79 Å². The first kappa shape index (κ1) is 19.4. The fraction of sp³-hybridized carbons (Fsp3) is 0.600. The molecule has 1 aliphatic carbocycles. The molecule has 6 heteroatoms. The number of carboxylic acid groups (broad SMARTS) is 1. The quantitative estimate of drug-likeness (QED) is 0.640. The van der Waals surface area contributed by atoms with Crippen LogP contribution in [0.4, 0.5) is 5.13 Å². The Hall–Kier alpha value is -1.40. The Labute approximate surface area is 163 Å². The fourth-order valence-corrected chi connectivity index (χ4v) is 5.43. The minimum atomic E-state index is -0.756. The Balaban J connectivity index is 1.72. The van der Waals surface area contributed by atoms with Gasteiger partial charge in [-0.2, -0.15) is 0 Å². The molecule has 0 amide bonds. The third-order valence-electron chi connectivity index (χ3n) is 5.22. The molecule has 2 heterocycles. The van der Waals surface area contributed by atoms with Crippen molar-refractivity contribution < 1.29 is 9.90 Å². The number of aliphatic carboxylic acids is 1. The van der Waals surface area contributed by atoms with E-state index in [-0.39, 0.29) is 6.42 Å². The molecule has 1 aliphatic rings. The van der Waals surface area contributed by atoms with Crippen molar-refractivity contribution in [3.05, 3.63) is 33.0 Å². The monoisotopic (exact) mass is 392 g/mol. The van der Waals surface area contributed by atoms with Crippen LogP contribution >= 0.6 is 22.7 Å². The van der Waals surface area contributed by atoms with Gasteiger partial charge in [0.1, 0.15) is 0 Å². The Morgan fingerprint density at radius 2 is 2.00 bits per heavy atom. The summed E-state index contributed by atoms with van der Waals surface area (Å²) < 4.78 is 0. The molecule has 0 unspecified atom stereocenters. The normalized spacial score (nSPS) is 20.2. The van der Waals surface area contributed by atoms with E-state index in [1.54, 1.807) is 11.3 Å². The second-order valence-corrected chi connectivity index (χ2v) is 9.39. The summed E-state index contributed by atoms with van der Waals surface area (Å²) in [6.07, 6.45) is 6.21. The summed E-state index contributed by atoms with van der Waals surface area (Å²) in [5.74, 6) is 0.655. The van der Waals surface area contributed by atoms with E-state index in [0.717, 1.165) is 24.0 Å². The van der Waals surface area contributed by atoms with Gasteiger partial charge in [0.2, 0.25) is 0 Å². The molecular formula is C20H28N2O2S2. The van der Waals surface area contributed by atoms with Crippen molar-refractivity contribution in [3.8, 4) is 0 Å². The highest BCUT2D eigenvalue weighted by molar-refractivity contribution is 7.14. The van der Waals surface area contributed by atoms with Gasteiger partial charge in [0.05, 0.1) is 18.7 Å². The third kappa shape index (κ3) is 5.07. The minimum absolute atomic E-state index is 0.141. The van der Waals surface area contributed by atoms with Gasteiger partial charge < -0.3 is 10.0 Å². The highest BCUT2D eigenvalue weighted by Crippen LogP contribution is 2.37. The highest BCUT2D eigenvalue weighted by Gasteiger charge is 2.23. The molecule has 26 heavy (non-hydrogen) atoms. The van der Waals surface area contributed by atoms with E-state index in [1.165, 1.54) is 41.1 Å². The maximum absolute atomic E-state index is 11.1. The van der Waals surface area contributed by atoms with Crippen LogP contribution in [0.3, 0.4) is 0 Å². The zero-order valence-corrected chi connectivity index (χ0v) is 17.2. The number of aryl methyl sites for hydroxylation is 1. The highest BCUT2D eigenvalue weighted by atomic mass is 32.1. The predicted molar refractivity (Wildman–Crippen MR) is 109 cm³/mol. The van der Waals surface area contributed by atoms with Gasteiger partial charge in [-0.05, 0) is 37.3 Å². The summed E-state index contributed by atoms with van der Waals surface area (Å²) in [7, 11) is 0. The molecule has 1 saturated carbocycles.